The Labute approximate surface area is 617 Å². The van der Waals surface area contributed by atoms with Gasteiger partial charge >= 0.3 is 7.69 Å². The molecule has 0 bridgehead atoms. The molecule has 0 aliphatic rings. The van der Waals surface area contributed by atoms with Gasteiger partial charge in [0.2, 0.25) is 0 Å². The summed E-state index contributed by atoms with van der Waals surface area (Å²) in [6.07, 6.45) is 3.45. The van der Waals surface area contributed by atoms with E-state index in [1.165, 1.54) is 27.8 Å². The maximum Gasteiger partial charge on any atom is 0.569 e. The molecule has 0 fully saturated rings. The third kappa shape index (κ3) is 14.7. The van der Waals surface area contributed by atoms with E-state index in [0.29, 0.717) is 64.9 Å². The molecule has 503 valence electrons. The molecule has 0 spiro atoms. The van der Waals surface area contributed by atoms with Crippen molar-refractivity contribution in [1.29, 1.82) is 0 Å². The Morgan fingerprint density at radius 1 is 0.274 bits per heavy atom. The molecule has 106 heavy (non-hydrogen) atoms. The first-order chi connectivity index (χ1) is 52.2. The molecular formula is C90H61BClN12O2. The average Bonchev–Trinajstić information content (AvgIpc) is 0.767. The number of nitrogens with zero attached hydrogens (tertiary/aromatic N) is 12. The molecule has 1 radical (unpaired) electrons. The normalized spacial score (nSPS) is 11.0. The highest BCUT2D eigenvalue weighted by Gasteiger charge is 2.19. The molecular weight excluding hydrogens is 1330 g/mol. The van der Waals surface area contributed by atoms with E-state index in [1.807, 2.05) is 153 Å². The third-order valence-electron chi connectivity index (χ3n) is 17.9. The van der Waals surface area contributed by atoms with Crippen LogP contribution in [0.25, 0.3) is 168 Å². The van der Waals surface area contributed by atoms with E-state index in [-0.39, 0.29) is 0 Å². The number of pyridine rings is 6. The summed E-state index contributed by atoms with van der Waals surface area (Å²) in [5, 5.41) is 13.6. The Balaban J connectivity index is 0.000000133. The molecule has 0 atom stereocenters. The lowest BCUT2D eigenvalue weighted by atomic mass is 9.95. The van der Waals surface area contributed by atoms with Crippen LogP contribution in [0.4, 0.5) is 0 Å². The first kappa shape index (κ1) is 66.8. The molecule has 0 amide bonds. The van der Waals surface area contributed by atoms with Crippen molar-refractivity contribution >= 4 is 62.9 Å². The lowest BCUT2D eigenvalue weighted by Gasteiger charge is -2.13. The van der Waals surface area contributed by atoms with Crippen LogP contribution in [0.1, 0.15) is 11.4 Å². The second kappa shape index (κ2) is 30.5. The minimum atomic E-state index is 0.482. The molecule has 14 nitrogen and oxygen atoms in total. The molecule has 0 saturated heterocycles. The van der Waals surface area contributed by atoms with Crippen LogP contribution in [-0.4, -0.2) is 72.5 Å². The summed E-state index contributed by atoms with van der Waals surface area (Å²) >= 11 is 6.17. The number of rotatable bonds is 13. The van der Waals surface area contributed by atoms with Crippen molar-refractivity contribution in [2.24, 2.45) is 0 Å². The van der Waals surface area contributed by atoms with E-state index >= 15 is 0 Å². The summed E-state index contributed by atoms with van der Waals surface area (Å²) in [4.78, 5) is 56.9. The summed E-state index contributed by atoms with van der Waals surface area (Å²) < 4.78 is 5.04. The lowest BCUT2D eigenvalue weighted by molar-refractivity contribution is 0.454. The number of aromatic nitrogens is 12. The van der Waals surface area contributed by atoms with Crippen LogP contribution in [-0.2, 0) is 0 Å². The monoisotopic (exact) mass is 1390 g/mol. The van der Waals surface area contributed by atoms with Crippen LogP contribution >= 0.6 is 11.6 Å². The highest BCUT2D eigenvalue weighted by atomic mass is 35.5. The van der Waals surface area contributed by atoms with Gasteiger partial charge in [0.15, 0.2) is 34.9 Å². The molecule has 18 aromatic rings. The Hall–Kier alpha value is -13.7. The van der Waals surface area contributed by atoms with Crippen LogP contribution in [0, 0.1) is 13.8 Å². The fraction of sp³-hybridized carbons (Fsp3) is 0.0222. The van der Waals surface area contributed by atoms with E-state index in [1.54, 1.807) is 30.6 Å². The van der Waals surface area contributed by atoms with Gasteiger partial charge in [-0.25, -0.2) is 39.9 Å². The van der Waals surface area contributed by atoms with Gasteiger partial charge in [-0.1, -0.05) is 242 Å². The van der Waals surface area contributed by atoms with Crippen molar-refractivity contribution in [2.75, 3.05) is 0 Å². The Kier molecular flexibility index (Phi) is 19.2. The molecule has 10 aromatic carbocycles. The smallest absolute Gasteiger partial charge is 0.537 e. The van der Waals surface area contributed by atoms with Crippen molar-refractivity contribution in [3.8, 4) is 130 Å². The standard InChI is InChI=1S/C45H30N6.C25H17ClN2.C20H14BN4O2/c1-29-26-38(34-17-10-16-33(27-34)30-12-4-2-5-13-30)37-23-21-31-22-24-39(48-41(31)42(37)47-29)35-18-11-19-36(28-35)44-49-43(32-14-6-3-7-15-32)50-45(51-44)40-20-8-9-25-46-40;1-16-14-22(20-9-5-8-19(15-20)17-6-3-2-4-7-17)21-12-10-18-11-13-23(26)28-24(18)25(21)27-16;26-21-27-16-10-6-9-15(13-16)19-23-18(14-7-2-1-3-8-14)24-20(25-19)17-11-4-5-12-22-17/h2-28H,1H3;2-15H,1H3;1-13,26H. The molecule has 8 heterocycles. The van der Waals surface area contributed by atoms with Crippen molar-refractivity contribution < 1.29 is 9.68 Å². The van der Waals surface area contributed by atoms with Gasteiger partial charge in [-0.05, 0) is 143 Å². The molecule has 0 saturated carbocycles. The van der Waals surface area contributed by atoms with Gasteiger partial charge in [-0.15, -0.1) is 0 Å². The number of halogens is 1. The van der Waals surface area contributed by atoms with E-state index in [0.717, 1.165) is 105 Å². The SMILES string of the molecule is Cc1cc(-c2cccc(-c3ccccc3)c2)c2ccc3ccc(-c4cccc(-c5nc(-c6ccccc6)nc(-c6ccccn6)n5)c4)nc3c2n1.Cc1cc(-c2cccc(-c3ccccc3)c2)c2ccc3ccc(Cl)nc3c2n1.O[B]Oc1cccc(-c2nc(-c3ccccc3)nc(-c3ccccn3)n2)c1. The topological polar surface area (TPSA) is 184 Å². The Morgan fingerprint density at radius 3 is 1.13 bits per heavy atom. The number of aryl methyl sites for hydroxylation is 2. The van der Waals surface area contributed by atoms with Gasteiger partial charge in [0, 0.05) is 73.1 Å². The van der Waals surface area contributed by atoms with Gasteiger partial charge < -0.3 is 9.68 Å². The minimum Gasteiger partial charge on any atom is -0.537 e. The van der Waals surface area contributed by atoms with Crippen LogP contribution in [0.2, 0.25) is 5.15 Å². The summed E-state index contributed by atoms with van der Waals surface area (Å²) in [5.41, 5.74) is 21.3. The van der Waals surface area contributed by atoms with Crippen LogP contribution < -0.4 is 4.65 Å². The van der Waals surface area contributed by atoms with Crippen molar-refractivity contribution in [3.63, 3.8) is 0 Å². The zero-order chi connectivity index (χ0) is 71.7. The summed E-state index contributed by atoms with van der Waals surface area (Å²) in [7, 11) is 0.640. The number of hydrogen-bond donors (Lipinski definition) is 1. The molecule has 1 N–H and O–H groups in total. The fourth-order valence-corrected chi connectivity index (χ4v) is 13.0. The van der Waals surface area contributed by atoms with Crippen LogP contribution in [0.3, 0.4) is 0 Å². The van der Waals surface area contributed by atoms with Gasteiger partial charge in [-0.2, -0.15) is 0 Å². The van der Waals surface area contributed by atoms with Gasteiger partial charge in [0.05, 0.1) is 27.8 Å². The Morgan fingerprint density at radius 2 is 0.651 bits per heavy atom. The third-order valence-corrected chi connectivity index (χ3v) is 18.1. The van der Waals surface area contributed by atoms with E-state index in [2.05, 4.69) is 188 Å². The van der Waals surface area contributed by atoms with E-state index in [4.69, 9.17) is 51.2 Å². The number of fused-ring (bicyclic) bond motifs is 6. The molecule has 8 aromatic heterocycles. The first-order valence-corrected chi connectivity index (χ1v) is 34.8. The maximum atomic E-state index is 8.87. The number of benzene rings is 10. The highest BCUT2D eigenvalue weighted by Crippen LogP contribution is 2.38. The largest absolute Gasteiger partial charge is 0.569 e. The van der Waals surface area contributed by atoms with Gasteiger partial charge in [0.1, 0.15) is 22.3 Å². The van der Waals surface area contributed by atoms with Crippen molar-refractivity contribution in [2.45, 2.75) is 13.8 Å². The number of hydrogen-bond acceptors (Lipinski definition) is 14. The molecule has 0 aliphatic heterocycles. The highest BCUT2D eigenvalue weighted by molar-refractivity contribution is 6.30. The Bertz CT molecular complexity index is 6100. The van der Waals surface area contributed by atoms with Crippen molar-refractivity contribution in [1.82, 2.24) is 59.8 Å². The lowest BCUT2D eigenvalue weighted by Crippen LogP contribution is -2.02. The average molecular weight is 1390 g/mol. The van der Waals surface area contributed by atoms with Gasteiger partial charge in [0.25, 0.3) is 0 Å². The minimum absolute atomic E-state index is 0.482. The van der Waals surface area contributed by atoms with Crippen molar-refractivity contribution in [3.05, 3.63) is 344 Å². The predicted octanol–water partition coefficient (Wildman–Crippen LogP) is 20.9. The quantitative estimate of drug-likeness (QED) is 0.0653. The van der Waals surface area contributed by atoms with E-state index in [9.17, 15) is 0 Å². The second-order valence-corrected chi connectivity index (χ2v) is 25.4. The molecule has 0 unspecified atom stereocenters. The van der Waals surface area contributed by atoms with Crippen LogP contribution in [0.5, 0.6) is 5.75 Å². The van der Waals surface area contributed by atoms with Crippen LogP contribution in [0.15, 0.2) is 328 Å². The first-order valence-electron chi connectivity index (χ1n) is 34.4. The molecule has 0 aliphatic carbocycles. The summed E-state index contributed by atoms with van der Waals surface area (Å²) in [6.45, 7) is 4.07. The summed E-state index contributed by atoms with van der Waals surface area (Å²) in [5.74, 6) is 3.70. The molecule has 16 heteroatoms. The zero-order valence-electron chi connectivity index (χ0n) is 57.4. The second-order valence-electron chi connectivity index (χ2n) is 25.0. The fourth-order valence-electron chi connectivity index (χ4n) is 12.9. The summed E-state index contributed by atoms with van der Waals surface area (Å²) in [6, 6.07) is 105. The predicted molar refractivity (Wildman–Crippen MR) is 426 cm³/mol. The van der Waals surface area contributed by atoms with E-state index < -0.39 is 0 Å². The zero-order valence-corrected chi connectivity index (χ0v) is 58.1. The molecule has 18 rings (SSSR count). The van der Waals surface area contributed by atoms with Gasteiger partial charge in [-0.3, -0.25) is 19.9 Å². The maximum absolute atomic E-state index is 8.87.